The van der Waals surface area contributed by atoms with Crippen LogP contribution in [0.4, 0.5) is 11.9 Å². The van der Waals surface area contributed by atoms with Gasteiger partial charge in [-0.05, 0) is 31.6 Å². The van der Waals surface area contributed by atoms with Crippen LogP contribution in [0.15, 0.2) is 0 Å². The van der Waals surface area contributed by atoms with Crippen molar-refractivity contribution in [2.45, 2.75) is 46.6 Å². The summed E-state index contributed by atoms with van der Waals surface area (Å²) < 4.78 is 5.49. The predicted molar refractivity (Wildman–Crippen MR) is 79.8 cm³/mol. The fraction of sp³-hybridized carbons (Fsp3) is 0.786. The summed E-state index contributed by atoms with van der Waals surface area (Å²) >= 11 is 0. The molecule has 0 spiro atoms. The molecule has 0 radical (unpaired) electrons. The Kier molecular flexibility index (Phi) is 4.62. The average Bonchev–Trinajstić information content (AvgIpc) is 2.40. The van der Waals surface area contributed by atoms with Crippen molar-refractivity contribution >= 4 is 11.9 Å². The maximum absolute atomic E-state index is 5.78. The number of hydrogen-bond acceptors (Lipinski definition) is 6. The molecule has 20 heavy (non-hydrogen) atoms. The zero-order chi connectivity index (χ0) is 14.7. The molecule has 112 valence electrons. The van der Waals surface area contributed by atoms with E-state index in [1.54, 1.807) is 0 Å². The quantitative estimate of drug-likeness (QED) is 0.909. The second kappa shape index (κ2) is 6.24. The number of hydrogen-bond donors (Lipinski definition) is 1. The van der Waals surface area contributed by atoms with Gasteiger partial charge in [0.25, 0.3) is 0 Å². The molecule has 0 saturated carbocycles. The Bertz CT molecular complexity index is 453. The van der Waals surface area contributed by atoms with Crippen molar-refractivity contribution in [3.8, 4) is 6.01 Å². The van der Waals surface area contributed by atoms with Crippen LogP contribution in [0.2, 0.25) is 0 Å². The van der Waals surface area contributed by atoms with Crippen LogP contribution in [0.25, 0.3) is 0 Å². The zero-order valence-corrected chi connectivity index (χ0v) is 12.8. The molecule has 0 aliphatic carbocycles. The van der Waals surface area contributed by atoms with Crippen LogP contribution in [0.3, 0.4) is 0 Å². The van der Waals surface area contributed by atoms with E-state index >= 15 is 0 Å². The van der Waals surface area contributed by atoms with Gasteiger partial charge < -0.3 is 15.4 Å². The maximum Gasteiger partial charge on any atom is 0.323 e. The van der Waals surface area contributed by atoms with E-state index in [1.165, 1.54) is 6.42 Å². The first-order chi connectivity index (χ1) is 9.51. The molecule has 3 unspecified atom stereocenters. The highest BCUT2D eigenvalue weighted by atomic mass is 16.5. The summed E-state index contributed by atoms with van der Waals surface area (Å²) in [5.74, 6) is 2.09. The van der Waals surface area contributed by atoms with Gasteiger partial charge in [0.05, 0.1) is 6.61 Å². The van der Waals surface area contributed by atoms with Crippen molar-refractivity contribution in [3.63, 3.8) is 0 Å². The van der Waals surface area contributed by atoms with Crippen molar-refractivity contribution in [2.75, 3.05) is 23.8 Å². The van der Waals surface area contributed by atoms with Gasteiger partial charge in [-0.3, -0.25) is 0 Å². The zero-order valence-electron chi connectivity index (χ0n) is 12.8. The van der Waals surface area contributed by atoms with E-state index in [2.05, 4.69) is 40.6 Å². The number of anilines is 2. The fourth-order valence-electron chi connectivity index (χ4n) is 2.73. The SMILES string of the molecule is CCCOc1nc(N)nc(N2CC(C)CC(C)C2C)n1. The normalized spacial score (nSPS) is 26.6. The lowest BCUT2D eigenvalue weighted by Gasteiger charge is -2.41. The number of nitrogens with zero attached hydrogens (tertiary/aromatic N) is 4. The Hall–Kier alpha value is -1.59. The molecular formula is C14H25N5O. The lowest BCUT2D eigenvalue weighted by molar-refractivity contribution is 0.281. The summed E-state index contributed by atoms with van der Waals surface area (Å²) in [6, 6.07) is 0.722. The number of piperidine rings is 1. The first-order valence-electron chi connectivity index (χ1n) is 7.42. The molecule has 1 aromatic heterocycles. The average molecular weight is 279 g/mol. The van der Waals surface area contributed by atoms with Crippen molar-refractivity contribution in [1.29, 1.82) is 0 Å². The summed E-state index contributed by atoms with van der Waals surface area (Å²) in [5.41, 5.74) is 5.78. The van der Waals surface area contributed by atoms with Crippen molar-refractivity contribution < 1.29 is 4.74 Å². The standard InChI is InChI=1S/C14H25N5O/c1-5-6-20-14-17-12(15)16-13(18-14)19-8-9(2)7-10(3)11(19)4/h9-11H,5-8H2,1-4H3,(H2,15,16,17,18). The monoisotopic (exact) mass is 279 g/mol. The number of rotatable bonds is 4. The highest BCUT2D eigenvalue weighted by Gasteiger charge is 2.31. The highest BCUT2D eigenvalue weighted by Crippen LogP contribution is 2.30. The largest absolute Gasteiger partial charge is 0.463 e. The van der Waals surface area contributed by atoms with Crippen molar-refractivity contribution in [1.82, 2.24) is 15.0 Å². The molecule has 0 amide bonds. The van der Waals surface area contributed by atoms with Gasteiger partial charge in [-0.25, -0.2) is 0 Å². The molecule has 1 aliphatic rings. The third-order valence-corrected chi connectivity index (χ3v) is 3.91. The Balaban J connectivity index is 2.24. The summed E-state index contributed by atoms with van der Waals surface area (Å²) in [6.07, 6.45) is 2.15. The van der Waals surface area contributed by atoms with Crippen LogP contribution in [0.1, 0.15) is 40.5 Å². The van der Waals surface area contributed by atoms with Crippen LogP contribution < -0.4 is 15.4 Å². The van der Waals surface area contributed by atoms with Crippen molar-refractivity contribution in [2.24, 2.45) is 11.8 Å². The molecule has 3 atom stereocenters. The van der Waals surface area contributed by atoms with E-state index in [-0.39, 0.29) is 5.95 Å². The minimum atomic E-state index is 0.221. The number of nitrogen functional groups attached to an aromatic ring is 1. The van der Waals surface area contributed by atoms with Gasteiger partial charge in [-0.2, -0.15) is 15.0 Å². The van der Waals surface area contributed by atoms with Gasteiger partial charge in [-0.15, -0.1) is 0 Å². The van der Waals surface area contributed by atoms with E-state index in [0.29, 0.717) is 36.4 Å². The van der Waals surface area contributed by atoms with Gasteiger partial charge in [0, 0.05) is 12.6 Å². The number of aromatic nitrogens is 3. The van der Waals surface area contributed by atoms with Gasteiger partial charge >= 0.3 is 6.01 Å². The van der Waals surface area contributed by atoms with Crippen LogP contribution in [-0.2, 0) is 0 Å². The topological polar surface area (TPSA) is 77.2 Å². The van der Waals surface area contributed by atoms with Crippen molar-refractivity contribution in [3.05, 3.63) is 0 Å². The van der Waals surface area contributed by atoms with E-state index in [4.69, 9.17) is 10.5 Å². The second-order valence-electron chi connectivity index (χ2n) is 5.84. The summed E-state index contributed by atoms with van der Waals surface area (Å²) in [6.45, 7) is 10.3. The van der Waals surface area contributed by atoms with Crippen LogP contribution in [-0.4, -0.2) is 34.1 Å². The van der Waals surface area contributed by atoms with Gasteiger partial charge in [0.15, 0.2) is 0 Å². The highest BCUT2D eigenvalue weighted by molar-refractivity contribution is 5.38. The molecule has 6 nitrogen and oxygen atoms in total. The Morgan fingerprint density at radius 3 is 2.70 bits per heavy atom. The molecule has 1 saturated heterocycles. The van der Waals surface area contributed by atoms with Crippen LogP contribution >= 0.6 is 0 Å². The molecule has 1 fully saturated rings. The summed E-state index contributed by atoms with van der Waals surface area (Å²) in [4.78, 5) is 15.0. The van der Waals surface area contributed by atoms with Gasteiger partial charge in [0.2, 0.25) is 11.9 Å². The van der Waals surface area contributed by atoms with E-state index in [0.717, 1.165) is 13.0 Å². The third-order valence-electron chi connectivity index (χ3n) is 3.91. The Morgan fingerprint density at radius 2 is 2.00 bits per heavy atom. The van der Waals surface area contributed by atoms with Crippen LogP contribution in [0, 0.1) is 11.8 Å². The molecule has 0 bridgehead atoms. The van der Waals surface area contributed by atoms with Gasteiger partial charge in [-0.1, -0.05) is 20.8 Å². The summed E-state index contributed by atoms with van der Waals surface area (Å²) in [5, 5.41) is 0. The van der Waals surface area contributed by atoms with Crippen LogP contribution in [0.5, 0.6) is 6.01 Å². The molecule has 1 aliphatic heterocycles. The Morgan fingerprint density at radius 1 is 1.25 bits per heavy atom. The minimum Gasteiger partial charge on any atom is -0.463 e. The van der Waals surface area contributed by atoms with E-state index < -0.39 is 0 Å². The fourth-order valence-corrected chi connectivity index (χ4v) is 2.73. The first kappa shape index (κ1) is 14.8. The molecule has 1 aromatic rings. The number of ether oxygens (including phenoxy) is 1. The molecule has 6 heteroatoms. The van der Waals surface area contributed by atoms with E-state index in [9.17, 15) is 0 Å². The molecule has 2 rings (SSSR count). The lowest BCUT2D eigenvalue weighted by atomic mass is 9.86. The molecular weight excluding hydrogens is 254 g/mol. The smallest absolute Gasteiger partial charge is 0.323 e. The second-order valence-corrected chi connectivity index (χ2v) is 5.84. The predicted octanol–water partition coefficient (Wildman–Crippen LogP) is 2.11. The molecule has 0 aromatic carbocycles. The van der Waals surface area contributed by atoms with Gasteiger partial charge in [0.1, 0.15) is 0 Å². The summed E-state index contributed by atoms with van der Waals surface area (Å²) in [7, 11) is 0. The third kappa shape index (κ3) is 3.29. The van der Waals surface area contributed by atoms with E-state index in [1.807, 2.05) is 6.92 Å². The lowest BCUT2D eigenvalue weighted by Crippen LogP contribution is -2.46. The first-order valence-corrected chi connectivity index (χ1v) is 7.42. The molecule has 2 N–H and O–H groups in total. The number of nitrogens with two attached hydrogens (primary N) is 1. The molecule has 2 heterocycles. The Labute approximate surface area is 120 Å². The minimum absolute atomic E-state index is 0.221. The maximum atomic E-state index is 5.78.